The number of carboxylic acids is 1. The van der Waals surface area contributed by atoms with Gasteiger partial charge in [0.05, 0.1) is 11.7 Å². The molecule has 0 aromatic heterocycles. The Morgan fingerprint density at radius 1 is 1.23 bits per heavy atom. The minimum atomic E-state index is -0.914. The average molecular weight is 357 g/mol. The fourth-order valence-corrected chi connectivity index (χ4v) is 3.69. The molecule has 0 spiro atoms. The molecular formula is C21H24FNO3. The number of aromatic carboxylic acids is 1. The van der Waals surface area contributed by atoms with Crippen LogP contribution in [0.4, 0.5) is 4.39 Å². The van der Waals surface area contributed by atoms with Crippen molar-refractivity contribution in [2.24, 2.45) is 5.92 Å². The minimum Gasteiger partial charge on any atom is -0.478 e. The van der Waals surface area contributed by atoms with E-state index in [0.717, 1.165) is 37.2 Å². The van der Waals surface area contributed by atoms with Crippen LogP contribution in [0.5, 0.6) is 0 Å². The smallest absolute Gasteiger partial charge is 0.335 e. The van der Waals surface area contributed by atoms with Gasteiger partial charge in [-0.05, 0) is 42.2 Å². The van der Waals surface area contributed by atoms with Gasteiger partial charge in [-0.1, -0.05) is 30.3 Å². The lowest BCUT2D eigenvalue weighted by atomic mass is 9.88. The van der Waals surface area contributed by atoms with Gasteiger partial charge >= 0.3 is 5.97 Å². The first kappa shape index (κ1) is 18.5. The summed E-state index contributed by atoms with van der Waals surface area (Å²) >= 11 is 0. The summed E-state index contributed by atoms with van der Waals surface area (Å²) in [5.74, 6) is -0.852. The van der Waals surface area contributed by atoms with E-state index >= 15 is 0 Å². The number of ether oxygens (including phenoxy) is 1. The molecule has 1 N–H and O–H groups in total. The van der Waals surface area contributed by atoms with Gasteiger partial charge in [-0.3, -0.25) is 4.90 Å². The Labute approximate surface area is 153 Å². The number of hydrogen-bond acceptors (Lipinski definition) is 3. The normalized spacial score (nSPS) is 20.8. The Balaban J connectivity index is 1.66. The highest BCUT2D eigenvalue weighted by atomic mass is 19.1. The molecule has 26 heavy (non-hydrogen) atoms. The quantitative estimate of drug-likeness (QED) is 0.858. The monoisotopic (exact) mass is 357 g/mol. The second kappa shape index (κ2) is 8.43. The highest BCUT2D eigenvalue weighted by Crippen LogP contribution is 2.26. The number of methoxy groups -OCH3 is 1. The number of likely N-dealkylation sites (tertiary alicyclic amines) is 1. The molecule has 5 heteroatoms. The molecule has 2 aromatic rings. The summed E-state index contributed by atoms with van der Waals surface area (Å²) in [7, 11) is 1.72. The van der Waals surface area contributed by atoms with Crippen LogP contribution in [0.3, 0.4) is 0 Å². The molecule has 2 aromatic carbocycles. The van der Waals surface area contributed by atoms with Gasteiger partial charge in [0, 0.05) is 32.7 Å². The molecular weight excluding hydrogens is 333 g/mol. The molecule has 1 fully saturated rings. The van der Waals surface area contributed by atoms with Crippen molar-refractivity contribution in [1.29, 1.82) is 0 Å². The Kier molecular flexibility index (Phi) is 6.01. The van der Waals surface area contributed by atoms with Crippen LogP contribution in [-0.4, -0.2) is 42.3 Å². The average Bonchev–Trinajstić information content (AvgIpc) is 2.64. The number of nitrogens with zero attached hydrogens (tertiary/aromatic N) is 1. The van der Waals surface area contributed by atoms with E-state index < -0.39 is 5.97 Å². The zero-order valence-corrected chi connectivity index (χ0v) is 14.9. The zero-order chi connectivity index (χ0) is 18.5. The van der Waals surface area contributed by atoms with Gasteiger partial charge in [-0.25, -0.2) is 9.18 Å². The molecule has 2 atom stereocenters. The van der Waals surface area contributed by atoms with Crippen molar-refractivity contribution >= 4 is 5.97 Å². The molecule has 0 aliphatic carbocycles. The first-order valence-corrected chi connectivity index (χ1v) is 8.87. The summed E-state index contributed by atoms with van der Waals surface area (Å²) in [4.78, 5) is 13.3. The van der Waals surface area contributed by atoms with Gasteiger partial charge < -0.3 is 9.84 Å². The van der Waals surface area contributed by atoms with E-state index in [9.17, 15) is 9.18 Å². The SMILES string of the molecule is CO[C@@H]1CCN(Cc2ccc(C(=O)O)cc2)C[C@H]1Cc1ccccc1F. The van der Waals surface area contributed by atoms with E-state index in [0.29, 0.717) is 12.0 Å². The third kappa shape index (κ3) is 4.48. The summed E-state index contributed by atoms with van der Waals surface area (Å²) in [6.07, 6.45) is 1.68. The number of carbonyl (C=O) groups is 1. The molecule has 3 rings (SSSR count). The van der Waals surface area contributed by atoms with Gasteiger partial charge in [0.25, 0.3) is 0 Å². The lowest BCUT2D eigenvalue weighted by Gasteiger charge is -2.38. The second-order valence-corrected chi connectivity index (χ2v) is 6.86. The predicted octanol–water partition coefficient (Wildman–Crippen LogP) is 3.60. The van der Waals surface area contributed by atoms with E-state index in [1.54, 1.807) is 25.3 Å². The van der Waals surface area contributed by atoms with Crippen LogP contribution < -0.4 is 0 Å². The molecule has 1 aliphatic heterocycles. The fourth-order valence-electron chi connectivity index (χ4n) is 3.69. The van der Waals surface area contributed by atoms with Gasteiger partial charge in [-0.15, -0.1) is 0 Å². The van der Waals surface area contributed by atoms with Crippen LogP contribution in [0.2, 0.25) is 0 Å². The van der Waals surface area contributed by atoms with E-state index in [1.165, 1.54) is 6.07 Å². The third-order valence-electron chi connectivity index (χ3n) is 5.10. The second-order valence-electron chi connectivity index (χ2n) is 6.86. The maximum Gasteiger partial charge on any atom is 0.335 e. The highest BCUT2D eigenvalue weighted by molar-refractivity contribution is 5.87. The van der Waals surface area contributed by atoms with Crippen molar-refractivity contribution in [3.63, 3.8) is 0 Å². The van der Waals surface area contributed by atoms with E-state index in [4.69, 9.17) is 9.84 Å². The number of benzene rings is 2. The van der Waals surface area contributed by atoms with Crippen molar-refractivity contribution in [2.75, 3.05) is 20.2 Å². The molecule has 0 bridgehead atoms. The highest BCUT2D eigenvalue weighted by Gasteiger charge is 2.30. The molecule has 1 heterocycles. The molecule has 0 saturated carbocycles. The lowest BCUT2D eigenvalue weighted by molar-refractivity contribution is -0.00873. The maximum atomic E-state index is 14.0. The zero-order valence-electron chi connectivity index (χ0n) is 14.9. The molecule has 1 aliphatic rings. The van der Waals surface area contributed by atoms with Crippen LogP contribution in [0.25, 0.3) is 0 Å². The topological polar surface area (TPSA) is 49.8 Å². The molecule has 0 unspecified atom stereocenters. The first-order chi connectivity index (χ1) is 12.6. The number of halogens is 1. The van der Waals surface area contributed by atoms with Gasteiger partial charge in [0.1, 0.15) is 5.82 Å². The van der Waals surface area contributed by atoms with Crippen molar-refractivity contribution in [3.8, 4) is 0 Å². The summed E-state index contributed by atoms with van der Waals surface area (Å²) in [5.41, 5.74) is 2.10. The van der Waals surface area contributed by atoms with E-state index in [1.807, 2.05) is 24.3 Å². The molecule has 4 nitrogen and oxygen atoms in total. The minimum absolute atomic E-state index is 0.125. The van der Waals surface area contributed by atoms with Gasteiger partial charge in [0.15, 0.2) is 0 Å². The van der Waals surface area contributed by atoms with Crippen LogP contribution >= 0.6 is 0 Å². The summed E-state index contributed by atoms with van der Waals surface area (Å²) in [6.45, 7) is 2.49. The Bertz CT molecular complexity index is 747. The Hall–Kier alpha value is -2.24. The third-order valence-corrected chi connectivity index (χ3v) is 5.10. The number of hydrogen-bond donors (Lipinski definition) is 1. The molecule has 138 valence electrons. The summed E-state index contributed by atoms with van der Waals surface area (Å²) < 4.78 is 19.7. The van der Waals surface area contributed by atoms with Crippen LogP contribution in [0.15, 0.2) is 48.5 Å². The molecule has 1 saturated heterocycles. The first-order valence-electron chi connectivity index (χ1n) is 8.87. The number of carboxylic acid groups (broad SMARTS) is 1. The predicted molar refractivity (Wildman–Crippen MR) is 97.7 cm³/mol. The lowest BCUT2D eigenvalue weighted by Crippen LogP contribution is -2.44. The van der Waals surface area contributed by atoms with Crippen molar-refractivity contribution in [2.45, 2.75) is 25.5 Å². The molecule has 0 radical (unpaired) electrons. The van der Waals surface area contributed by atoms with Crippen LogP contribution in [-0.2, 0) is 17.7 Å². The van der Waals surface area contributed by atoms with Crippen molar-refractivity contribution in [1.82, 2.24) is 4.90 Å². The maximum absolute atomic E-state index is 14.0. The van der Waals surface area contributed by atoms with E-state index in [-0.39, 0.29) is 17.8 Å². The van der Waals surface area contributed by atoms with Crippen molar-refractivity contribution < 1.29 is 19.0 Å². The number of piperidine rings is 1. The standard InChI is InChI=1S/C21H24FNO3/c1-26-20-10-11-23(13-15-6-8-16(9-7-15)21(24)25)14-18(20)12-17-4-2-3-5-19(17)22/h2-9,18,20H,10-14H2,1H3,(H,24,25)/t18-,20-/m1/s1. The van der Waals surface area contributed by atoms with Crippen molar-refractivity contribution in [3.05, 3.63) is 71.0 Å². The van der Waals surface area contributed by atoms with E-state index in [2.05, 4.69) is 4.90 Å². The van der Waals surface area contributed by atoms with Crippen LogP contribution in [0, 0.1) is 11.7 Å². The largest absolute Gasteiger partial charge is 0.478 e. The van der Waals surface area contributed by atoms with Gasteiger partial charge in [-0.2, -0.15) is 0 Å². The van der Waals surface area contributed by atoms with Gasteiger partial charge in [0.2, 0.25) is 0 Å². The summed E-state index contributed by atoms with van der Waals surface area (Å²) in [5, 5.41) is 9.00. The molecule has 0 amide bonds. The Morgan fingerprint density at radius 3 is 2.62 bits per heavy atom. The van der Waals surface area contributed by atoms with Crippen LogP contribution in [0.1, 0.15) is 27.9 Å². The Morgan fingerprint density at radius 2 is 1.96 bits per heavy atom. The number of rotatable bonds is 6. The summed E-state index contributed by atoms with van der Waals surface area (Å²) in [6, 6.07) is 13.9. The fraction of sp³-hybridized carbons (Fsp3) is 0.381.